The first-order chi connectivity index (χ1) is 12.3. The summed E-state index contributed by atoms with van der Waals surface area (Å²) < 4.78 is 5.46. The van der Waals surface area contributed by atoms with Crippen molar-refractivity contribution in [1.29, 1.82) is 0 Å². The Morgan fingerprint density at radius 2 is 1.58 bits per heavy atom. The summed E-state index contributed by atoms with van der Waals surface area (Å²) in [4.78, 5) is 0. The van der Waals surface area contributed by atoms with Gasteiger partial charge in [-0.25, -0.2) is 0 Å². The van der Waals surface area contributed by atoms with Gasteiger partial charge in [0.05, 0.1) is 6.04 Å². The minimum absolute atomic E-state index is 0.385. The highest BCUT2D eigenvalue weighted by Crippen LogP contribution is 2.35. The van der Waals surface area contributed by atoms with E-state index in [1.165, 1.54) is 0 Å². The third-order valence-electron chi connectivity index (χ3n) is 4.58. The average molecular weight is 380 g/mol. The van der Waals surface area contributed by atoms with Gasteiger partial charge in [0.1, 0.15) is 6.10 Å². The van der Waals surface area contributed by atoms with Gasteiger partial charge in [-0.1, -0.05) is 54.1 Å². The van der Waals surface area contributed by atoms with Crippen LogP contribution in [0.1, 0.15) is 30.1 Å². The fourth-order valence-corrected chi connectivity index (χ4v) is 3.23. The molecule has 1 heterocycles. The Bertz CT molecular complexity index is 714. The molecule has 0 saturated carbocycles. The van der Waals surface area contributed by atoms with Crippen LogP contribution in [-0.4, -0.2) is 44.8 Å². The van der Waals surface area contributed by atoms with Gasteiger partial charge in [-0.2, -0.15) is 0 Å². The topological polar surface area (TPSA) is 102 Å². The largest absolute Gasteiger partial charge is 0.358 e. The molecule has 0 bridgehead atoms. The Balaban J connectivity index is 1.93. The van der Waals surface area contributed by atoms with Crippen LogP contribution in [0, 0.1) is 0 Å². The Morgan fingerprint density at radius 1 is 0.962 bits per heavy atom. The molecular formula is C19H22ClNO5. The van der Waals surface area contributed by atoms with Crippen LogP contribution in [0.5, 0.6) is 0 Å². The fourth-order valence-electron chi connectivity index (χ4n) is 3.10. The average Bonchev–Trinajstić information content (AvgIpc) is 3.17. The van der Waals surface area contributed by atoms with Crippen LogP contribution in [0.2, 0.25) is 5.02 Å². The molecule has 6 nitrogen and oxygen atoms in total. The smallest absolute Gasteiger partial charge is 0.337 e. The van der Waals surface area contributed by atoms with Gasteiger partial charge in [-0.3, -0.25) is 0 Å². The molecule has 0 aromatic heterocycles. The molecule has 26 heavy (non-hydrogen) atoms. The molecule has 1 fully saturated rings. The zero-order chi connectivity index (χ0) is 18.8. The van der Waals surface area contributed by atoms with Crippen LogP contribution in [0.15, 0.2) is 54.6 Å². The van der Waals surface area contributed by atoms with E-state index in [4.69, 9.17) is 16.3 Å². The molecule has 2 aromatic carbocycles. The Hall–Kier alpha value is -1.51. The van der Waals surface area contributed by atoms with Crippen molar-refractivity contribution >= 4 is 11.6 Å². The maximum atomic E-state index is 10.4. The number of ether oxygens (including phenoxy) is 1. The molecular weight excluding hydrogens is 358 g/mol. The number of hydrogen-bond donors (Lipinski definition) is 5. The maximum absolute atomic E-state index is 10.4. The van der Waals surface area contributed by atoms with Crippen molar-refractivity contribution in [2.24, 2.45) is 0 Å². The molecule has 140 valence electrons. The third-order valence-corrected chi connectivity index (χ3v) is 4.83. The molecule has 2 unspecified atom stereocenters. The third kappa shape index (κ3) is 3.92. The van der Waals surface area contributed by atoms with Gasteiger partial charge in [-0.05, 0) is 42.6 Å². The lowest BCUT2D eigenvalue weighted by Gasteiger charge is -2.40. The molecule has 3 rings (SSSR count). The number of benzene rings is 2. The first-order valence-corrected chi connectivity index (χ1v) is 8.80. The van der Waals surface area contributed by atoms with Crippen molar-refractivity contribution in [3.8, 4) is 0 Å². The summed E-state index contributed by atoms with van der Waals surface area (Å²) in [7, 11) is 0. The summed E-state index contributed by atoms with van der Waals surface area (Å²) >= 11 is 5.93. The summed E-state index contributed by atoms with van der Waals surface area (Å²) in [6, 6.07) is 14.6. The molecule has 0 aliphatic carbocycles. The lowest BCUT2D eigenvalue weighted by Crippen LogP contribution is -2.65. The van der Waals surface area contributed by atoms with Crippen molar-refractivity contribution in [3.63, 3.8) is 0 Å². The van der Waals surface area contributed by atoms with E-state index in [-0.39, 0.29) is 0 Å². The highest BCUT2D eigenvalue weighted by atomic mass is 35.5. The second-order valence-electron chi connectivity index (χ2n) is 6.44. The van der Waals surface area contributed by atoms with Crippen LogP contribution in [-0.2, 0) is 4.74 Å². The standard InChI is InChI=1S/C19H22ClNO5/c20-15-10-8-14(9-11-15)17(13-5-2-1-3-6-13)26-19(24,25)18(22,23)16-7-4-12-21-16/h1-3,5-6,8-11,16-17,21-25H,4,7,12H2. The SMILES string of the molecule is OC(O)(OC(c1ccccc1)c1ccc(Cl)cc1)C(O)(O)C1CCCN1. The van der Waals surface area contributed by atoms with Gasteiger partial charge in [0, 0.05) is 5.02 Å². The second kappa shape index (κ2) is 7.62. The number of halogens is 1. The number of nitrogens with one attached hydrogen (secondary N) is 1. The summed E-state index contributed by atoms with van der Waals surface area (Å²) in [6.45, 7) is 0.558. The molecule has 2 atom stereocenters. The number of aliphatic hydroxyl groups is 4. The van der Waals surface area contributed by atoms with Crippen LogP contribution in [0.25, 0.3) is 0 Å². The maximum Gasteiger partial charge on any atom is 0.337 e. The van der Waals surface area contributed by atoms with E-state index in [0.717, 1.165) is 0 Å². The highest BCUT2D eigenvalue weighted by Gasteiger charge is 2.56. The Labute approximate surface area is 156 Å². The van der Waals surface area contributed by atoms with Crippen molar-refractivity contribution in [2.75, 3.05) is 6.54 Å². The van der Waals surface area contributed by atoms with Crippen molar-refractivity contribution in [3.05, 3.63) is 70.7 Å². The van der Waals surface area contributed by atoms with E-state index in [0.29, 0.717) is 35.5 Å². The number of rotatable bonds is 6. The Kier molecular flexibility index (Phi) is 5.64. The quantitative estimate of drug-likeness (QED) is 0.488. The van der Waals surface area contributed by atoms with E-state index in [1.807, 2.05) is 6.07 Å². The van der Waals surface area contributed by atoms with Crippen LogP contribution in [0.4, 0.5) is 0 Å². The summed E-state index contributed by atoms with van der Waals surface area (Å²) in [5, 5.41) is 45.0. The monoisotopic (exact) mass is 379 g/mol. The predicted octanol–water partition coefficient (Wildman–Crippen LogP) is 1.52. The van der Waals surface area contributed by atoms with Crippen molar-refractivity contribution < 1.29 is 25.2 Å². The minimum atomic E-state index is -3.20. The highest BCUT2D eigenvalue weighted by molar-refractivity contribution is 6.30. The second-order valence-corrected chi connectivity index (χ2v) is 6.88. The molecule has 2 aromatic rings. The van der Waals surface area contributed by atoms with Crippen molar-refractivity contribution in [1.82, 2.24) is 5.32 Å². The molecule has 0 spiro atoms. The first-order valence-electron chi connectivity index (χ1n) is 8.42. The molecule has 0 radical (unpaired) electrons. The van der Waals surface area contributed by atoms with E-state index < -0.39 is 23.9 Å². The predicted molar refractivity (Wildman–Crippen MR) is 96.2 cm³/mol. The van der Waals surface area contributed by atoms with E-state index in [9.17, 15) is 20.4 Å². The van der Waals surface area contributed by atoms with Crippen LogP contribution >= 0.6 is 11.6 Å². The van der Waals surface area contributed by atoms with Crippen LogP contribution in [0.3, 0.4) is 0 Å². The normalized spacial score (nSPS) is 19.5. The van der Waals surface area contributed by atoms with Gasteiger partial charge in [0.2, 0.25) is 0 Å². The zero-order valence-electron chi connectivity index (χ0n) is 14.0. The van der Waals surface area contributed by atoms with Gasteiger partial charge in [0.25, 0.3) is 5.79 Å². The lowest BCUT2D eigenvalue weighted by atomic mass is 9.99. The molecule has 7 heteroatoms. The minimum Gasteiger partial charge on any atom is -0.358 e. The van der Waals surface area contributed by atoms with E-state index in [1.54, 1.807) is 48.5 Å². The Morgan fingerprint density at radius 3 is 2.15 bits per heavy atom. The molecule has 1 aliphatic rings. The molecule has 1 saturated heterocycles. The fraction of sp³-hybridized carbons (Fsp3) is 0.368. The summed E-state index contributed by atoms with van der Waals surface area (Å²) in [6.07, 6.45) is 0.141. The van der Waals surface area contributed by atoms with E-state index >= 15 is 0 Å². The van der Waals surface area contributed by atoms with E-state index in [2.05, 4.69) is 5.32 Å². The van der Waals surface area contributed by atoms with Crippen LogP contribution < -0.4 is 5.32 Å². The molecule has 1 aliphatic heterocycles. The number of hydrogen-bond acceptors (Lipinski definition) is 6. The van der Waals surface area contributed by atoms with Gasteiger partial charge in [-0.15, -0.1) is 0 Å². The zero-order valence-corrected chi connectivity index (χ0v) is 14.8. The van der Waals surface area contributed by atoms with Crippen molar-refractivity contribution in [2.45, 2.75) is 36.7 Å². The molecule has 5 N–H and O–H groups in total. The lowest BCUT2D eigenvalue weighted by molar-refractivity contribution is -0.472. The summed E-state index contributed by atoms with van der Waals surface area (Å²) in [5.74, 6) is -6.09. The van der Waals surface area contributed by atoms with Gasteiger partial charge >= 0.3 is 5.97 Å². The summed E-state index contributed by atoms with van der Waals surface area (Å²) in [5.41, 5.74) is 1.21. The van der Waals surface area contributed by atoms with Gasteiger partial charge < -0.3 is 30.5 Å². The molecule has 0 amide bonds. The first kappa shape index (κ1) is 19.3. The van der Waals surface area contributed by atoms with Gasteiger partial charge in [0.15, 0.2) is 0 Å².